The molecule has 0 heterocycles. The number of rotatable bonds is 4. The van der Waals surface area contributed by atoms with Crippen molar-refractivity contribution < 1.29 is 4.79 Å². The van der Waals surface area contributed by atoms with Crippen molar-refractivity contribution in [2.24, 2.45) is 0 Å². The lowest BCUT2D eigenvalue weighted by Gasteiger charge is -2.16. The van der Waals surface area contributed by atoms with Crippen molar-refractivity contribution in [3.63, 3.8) is 0 Å². The zero-order valence-corrected chi connectivity index (χ0v) is 11.9. The van der Waals surface area contributed by atoms with E-state index in [4.69, 9.17) is 5.26 Å². The fourth-order valence-electron chi connectivity index (χ4n) is 2.30. The zero-order chi connectivity index (χ0) is 13.7. The molecule has 0 unspecified atom stereocenters. The Balaban J connectivity index is 1.94. The number of hydrogen-bond acceptors (Lipinski definition) is 3. The Labute approximate surface area is 118 Å². The molecule has 1 N–H and O–H groups in total. The van der Waals surface area contributed by atoms with E-state index in [1.54, 1.807) is 30.0 Å². The number of thioether (sulfide) groups is 1. The second-order valence-corrected chi connectivity index (χ2v) is 6.48. The largest absolute Gasteiger partial charge is 0.324 e. The Morgan fingerprint density at radius 3 is 2.79 bits per heavy atom. The summed E-state index contributed by atoms with van der Waals surface area (Å²) >= 11 is 1.75. The molecule has 1 saturated carbocycles. The smallest absolute Gasteiger partial charge is 0.237 e. The monoisotopic (exact) mass is 274 g/mol. The quantitative estimate of drug-likeness (QED) is 0.913. The zero-order valence-electron chi connectivity index (χ0n) is 11.1. The van der Waals surface area contributed by atoms with Crippen LogP contribution in [0.5, 0.6) is 0 Å². The first-order chi connectivity index (χ1) is 9.20. The number of carbonyl (C=O) groups excluding carboxylic acids is 1. The van der Waals surface area contributed by atoms with Gasteiger partial charge in [0.05, 0.1) is 16.5 Å². The van der Waals surface area contributed by atoms with Gasteiger partial charge in [-0.05, 0) is 31.9 Å². The van der Waals surface area contributed by atoms with Crippen molar-refractivity contribution in [3.05, 3.63) is 29.8 Å². The lowest BCUT2D eigenvalue weighted by atomic mass is 10.2. The third-order valence-corrected chi connectivity index (χ3v) is 4.85. The number of para-hydroxylation sites is 1. The SMILES string of the molecule is C[C@@H](SC1CCCC1)C(=O)Nc1ccccc1C#N. The predicted octanol–water partition coefficient (Wildman–Crippen LogP) is 3.56. The molecular weight excluding hydrogens is 256 g/mol. The standard InChI is InChI=1S/C15H18N2OS/c1-11(19-13-7-3-4-8-13)15(18)17-14-9-5-2-6-12(14)10-16/h2,5-6,9,11,13H,3-4,7-8H2,1H3,(H,17,18)/t11-/m1/s1. The highest BCUT2D eigenvalue weighted by molar-refractivity contribution is 8.01. The fourth-order valence-corrected chi connectivity index (χ4v) is 3.66. The average Bonchev–Trinajstić information content (AvgIpc) is 2.92. The molecule has 0 saturated heterocycles. The van der Waals surface area contributed by atoms with Gasteiger partial charge in [-0.1, -0.05) is 25.0 Å². The van der Waals surface area contributed by atoms with Crippen LogP contribution in [0.2, 0.25) is 0 Å². The highest BCUT2D eigenvalue weighted by atomic mass is 32.2. The Hall–Kier alpha value is -1.47. The molecule has 100 valence electrons. The van der Waals surface area contributed by atoms with Gasteiger partial charge in [0, 0.05) is 5.25 Å². The first-order valence-corrected chi connectivity index (χ1v) is 7.60. The van der Waals surface area contributed by atoms with Gasteiger partial charge >= 0.3 is 0 Å². The average molecular weight is 274 g/mol. The second-order valence-electron chi connectivity index (χ2n) is 4.83. The predicted molar refractivity (Wildman–Crippen MR) is 79.1 cm³/mol. The van der Waals surface area contributed by atoms with E-state index in [-0.39, 0.29) is 11.2 Å². The van der Waals surface area contributed by atoms with Crippen LogP contribution < -0.4 is 5.32 Å². The molecule has 3 nitrogen and oxygen atoms in total. The Morgan fingerprint density at radius 1 is 1.42 bits per heavy atom. The molecule has 1 aromatic carbocycles. The summed E-state index contributed by atoms with van der Waals surface area (Å²) in [5.74, 6) is -0.0143. The number of anilines is 1. The van der Waals surface area contributed by atoms with Crippen LogP contribution in [0.25, 0.3) is 0 Å². The molecule has 1 amide bonds. The third-order valence-electron chi connectivity index (χ3n) is 3.37. The minimum absolute atomic E-state index is 0.0143. The van der Waals surface area contributed by atoms with Gasteiger partial charge in [-0.25, -0.2) is 0 Å². The molecule has 0 bridgehead atoms. The van der Waals surface area contributed by atoms with Gasteiger partial charge in [-0.3, -0.25) is 4.79 Å². The second kappa shape index (κ2) is 6.63. The number of amides is 1. The van der Waals surface area contributed by atoms with E-state index < -0.39 is 0 Å². The van der Waals surface area contributed by atoms with Crippen LogP contribution in [0.1, 0.15) is 38.2 Å². The molecule has 4 heteroatoms. The first-order valence-electron chi connectivity index (χ1n) is 6.66. The molecule has 0 aromatic heterocycles. The number of nitriles is 1. The van der Waals surface area contributed by atoms with Crippen LogP contribution >= 0.6 is 11.8 Å². The molecule has 0 radical (unpaired) electrons. The van der Waals surface area contributed by atoms with Gasteiger partial charge in [0.15, 0.2) is 0 Å². The highest BCUT2D eigenvalue weighted by Crippen LogP contribution is 2.32. The van der Waals surface area contributed by atoms with E-state index in [9.17, 15) is 4.79 Å². The summed E-state index contributed by atoms with van der Waals surface area (Å²) in [7, 11) is 0. The van der Waals surface area contributed by atoms with Crippen molar-refractivity contribution in [1.82, 2.24) is 0 Å². The van der Waals surface area contributed by atoms with Crippen molar-refractivity contribution in [1.29, 1.82) is 5.26 Å². The van der Waals surface area contributed by atoms with Crippen LogP contribution in [0.15, 0.2) is 24.3 Å². The van der Waals surface area contributed by atoms with E-state index in [0.717, 1.165) is 0 Å². The van der Waals surface area contributed by atoms with Crippen molar-refractivity contribution in [2.45, 2.75) is 43.1 Å². The minimum Gasteiger partial charge on any atom is -0.324 e. The molecular formula is C15H18N2OS. The number of nitrogens with one attached hydrogen (secondary N) is 1. The maximum absolute atomic E-state index is 12.1. The third kappa shape index (κ3) is 3.74. The van der Waals surface area contributed by atoms with E-state index in [2.05, 4.69) is 11.4 Å². The number of carbonyl (C=O) groups is 1. The van der Waals surface area contributed by atoms with Crippen LogP contribution in [0.4, 0.5) is 5.69 Å². The van der Waals surface area contributed by atoms with Crippen molar-refractivity contribution >= 4 is 23.4 Å². The molecule has 19 heavy (non-hydrogen) atoms. The van der Waals surface area contributed by atoms with Gasteiger partial charge in [0.25, 0.3) is 0 Å². The Kier molecular flexibility index (Phi) is 4.86. The van der Waals surface area contributed by atoms with Crippen molar-refractivity contribution in [2.75, 3.05) is 5.32 Å². The van der Waals surface area contributed by atoms with Gasteiger partial charge in [0.2, 0.25) is 5.91 Å². The summed E-state index contributed by atoms with van der Waals surface area (Å²) in [6.07, 6.45) is 5.00. The molecule has 2 rings (SSSR count). The van der Waals surface area contributed by atoms with E-state index in [1.165, 1.54) is 25.7 Å². The normalized spacial score (nSPS) is 16.8. The number of hydrogen-bond donors (Lipinski definition) is 1. The minimum atomic E-state index is -0.0742. The van der Waals surface area contributed by atoms with Crippen LogP contribution in [-0.4, -0.2) is 16.4 Å². The molecule has 0 spiro atoms. The van der Waals surface area contributed by atoms with Gasteiger partial charge in [0.1, 0.15) is 6.07 Å². The summed E-state index contributed by atoms with van der Waals surface area (Å²) < 4.78 is 0. The summed E-state index contributed by atoms with van der Waals surface area (Å²) in [6, 6.07) is 9.19. The summed E-state index contributed by atoms with van der Waals surface area (Å²) in [5.41, 5.74) is 1.11. The topological polar surface area (TPSA) is 52.9 Å². The number of nitrogens with zero attached hydrogens (tertiary/aromatic N) is 1. The first kappa shape index (κ1) is 14.0. The molecule has 1 fully saturated rings. The lowest BCUT2D eigenvalue weighted by molar-refractivity contribution is -0.115. The Bertz CT molecular complexity index is 489. The van der Waals surface area contributed by atoms with Gasteiger partial charge in [-0.15, -0.1) is 11.8 Å². The van der Waals surface area contributed by atoms with Crippen LogP contribution in [0, 0.1) is 11.3 Å². The number of benzene rings is 1. The van der Waals surface area contributed by atoms with E-state index >= 15 is 0 Å². The molecule has 1 aliphatic rings. The maximum Gasteiger partial charge on any atom is 0.237 e. The maximum atomic E-state index is 12.1. The van der Waals surface area contributed by atoms with E-state index in [1.807, 2.05) is 13.0 Å². The molecule has 0 aliphatic heterocycles. The van der Waals surface area contributed by atoms with Gasteiger partial charge < -0.3 is 5.32 Å². The van der Waals surface area contributed by atoms with E-state index in [0.29, 0.717) is 16.5 Å². The van der Waals surface area contributed by atoms with Crippen LogP contribution in [0.3, 0.4) is 0 Å². The fraction of sp³-hybridized carbons (Fsp3) is 0.467. The summed E-state index contributed by atoms with van der Waals surface area (Å²) in [5, 5.41) is 12.4. The summed E-state index contributed by atoms with van der Waals surface area (Å²) in [6.45, 7) is 1.94. The van der Waals surface area contributed by atoms with Gasteiger partial charge in [-0.2, -0.15) is 5.26 Å². The molecule has 1 aliphatic carbocycles. The Morgan fingerprint density at radius 2 is 2.11 bits per heavy atom. The summed E-state index contributed by atoms with van der Waals surface area (Å²) in [4.78, 5) is 12.1. The van der Waals surface area contributed by atoms with Crippen molar-refractivity contribution in [3.8, 4) is 6.07 Å². The highest BCUT2D eigenvalue weighted by Gasteiger charge is 2.22. The van der Waals surface area contributed by atoms with Crippen LogP contribution in [-0.2, 0) is 4.79 Å². The molecule has 1 aromatic rings. The lowest BCUT2D eigenvalue weighted by Crippen LogP contribution is -2.24. The molecule has 1 atom stereocenters.